The molecule has 4 aliphatic rings. The molecule has 0 aromatic carbocycles. The Balaban J connectivity index is 1.60. The van der Waals surface area contributed by atoms with Gasteiger partial charge in [0.1, 0.15) is 12.2 Å². The molecule has 4 aliphatic carbocycles. The highest BCUT2D eigenvalue weighted by Crippen LogP contribution is 2.72. The van der Waals surface area contributed by atoms with Crippen LogP contribution in [0.4, 0.5) is 0 Å². The monoisotopic (exact) mass is 404 g/mol. The third kappa shape index (κ3) is 3.20. The van der Waals surface area contributed by atoms with E-state index in [0.717, 1.165) is 31.3 Å². The minimum Gasteiger partial charge on any atom is -0.459 e. The quantitative estimate of drug-likeness (QED) is 0.532. The molecule has 0 radical (unpaired) electrons. The number of hydrogen-bond donors (Lipinski definition) is 2. The Labute approximate surface area is 176 Å². The minimum atomic E-state index is -1.01. The molecular formula is C25H40O4. The molecule has 0 heterocycles. The Morgan fingerprint density at radius 1 is 1.14 bits per heavy atom. The fourth-order valence-electron chi connectivity index (χ4n) is 8.47. The predicted octanol–water partition coefficient (Wildman–Crippen LogP) is 4.63. The lowest BCUT2D eigenvalue weighted by molar-refractivity contribution is -0.198. The minimum absolute atomic E-state index is 0.0487. The van der Waals surface area contributed by atoms with E-state index in [1.165, 1.54) is 25.3 Å². The van der Waals surface area contributed by atoms with Crippen molar-refractivity contribution in [1.29, 1.82) is 0 Å². The van der Waals surface area contributed by atoms with Crippen LogP contribution in [0.5, 0.6) is 0 Å². The van der Waals surface area contributed by atoms with Crippen LogP contribution in [-0.4, -0.2) is 34.5 Å². The van der Waals surface area contributed by atoms with E-state index in [-0.39, 0.29) is 40.8 Å². The van der Waals surface area contributed by atoms with Crippen molar-refractivity contribution in [3.8, 4) is 0 Å². The van der Waals surface area contributed by atoms with Crippen LogP contribution in [0.15, 0.2) is 11.6 Å². The van der Waals surface area contributed by atoms with Gasteiger partial charge in [-0.3, -0.25) is 0 Å². The third-order valence-corrected chi connectivity index (χ3v) is 9.58. The Hall–Kier alpha value is -0.870. The highest BCUT2D eigenvalue weighted by atomic mass is 16.5. The van der Waals surface area contributed by atoms with Gasteiger partial charge in [0.25, 0.3) is 0 Å². The van der Waals surface area contributed by atoms with E-state index in [9.17, 15) is 15.0 Å². The van der Waals surface area contributed by atoms with Gasteiger partial charge >= 0.3 is 5.97 Å². The highest BCUT2D eigenvalue weighted by Gasteiger charge is 2.70. The summed E-state index contributed by atoms with van der Waals surface area (Å²) < 4.78 is 5.48. The smallest absolute Gasteiger partial charge is 0.330 e. The maximum atomic E-state index is 12.0. The topological polar surface area (TPSA) is 66.8 Å². The first-order chi connectivity index (χ1) is 13.4. The van der Waals surface area contributed by atoms with E-state index in [1.54, 1.807) is 0 Å². The molecule has 29 heavy (non-hydrogen) atoms. The largest absolute Gasteiger partial charge is 0.459 e. The van der Waals surface area contributed by atoms with Crippen LogP contribution >= 0.6 is 0 Å². The summed E-state index contributed by atoms with van der Waals surface area (Å²) in [5.74, 6) is 0.723. The van der Waals surface area contributed by atoms with E-state index in [4.69, 9.17) is 4.74 Å². The second-order valence-electron chi connectivity index (χ2n) is 12.0. The molecule has 0 aromatic heterocycles. The number of allylic oxidation sites excluding steroid dienone is 1. The SMILES string of the molecule is CC(C)=CC(=O)OC[C@@]1(O)C[C@]23CC1CCC2[C@]1(C)CCCC(C)(C)C1CC3O. The summed E-state index contributed by atoms with van der Waals surface area (Å²) in [4.78, 5) is 12.0. The molecule has 4 fully saturated rings. The third-order valence-electron chi connectivity index (χ3n) is 9.58. The molecular weight excluding hydrogens is 364 g/mol. The summed E-state index contributed by atoms with van der Waals surface area (Å²) in [6.07, 6.45) is 9.19. The molecule has 2 N–H and O–H groups in total. The molecule has 0 aliphatic heterocycles. The van der Waals surface area contributed by atoms with E-state index < -0.39 is 5.60 Å². The zero-order chi connectivity index (χ0) is 21.2. The van der Waals surface area contributed by atoms with Gasteiger partial charge in [-0.25, -0.2) is 4.79 Å². The lowest BCUT2D eigenvalue weighted by Gasteiger charge is -2.65. The van der Waals surface area contributed by atoms with E-state index in [1.807, 2.05) is 13.8 Å². The molecule has 1 spiro atoms. The maximum Gasteiger partial charge on any atom is 0.330 e. The molecule has 4 nitrogen and oxygen atoms in total. The number of hydrogen-bond acceptors (Lipinski definition) is 4. The first-order valence-electron chi connectivity index (χ1n) is 11.7. The van der Waals surface area contributed by atoms with Crippen molar-refractivity contribution >= 4 is 5.97 Å². The summed E-state index contributed by atoms with van der Waals surface area (Å²) in [5, 5.41) is 23.0. The summed E-state index contributed by atoms with van der Waals surface area (Å²) in [6.45, 7) is 11.0. The van der Waals surface area contributed by atoms with Crippen LogP contribution in [0.1, 0.15) is 86.0 Å². The Bertz CT molecular complexity index is 708. The van der Waals surface area contributed by atoms with Gasteiger partial charge in [-0.1, -0.05) is 32.8 Å². The van der Waals surface area contributed by atoms with Crippen molar-refractivity contribution in [3.05, 3.63) is 11.6 Å². The number of aliphatic hydroxyl groups excluding tert-OH is 1. The van der Waals surface area contributed by atoms with Gasteiger partial charge in [0.2, 0.25) is 0 Å². The highest BCUT2D eigenvalue weighted by molar-refractivity contribution is 5.82. The van der Waals surface area contributed by atoms with Crippen molar-refractivity contribution in [2.45, 2.75) is 97.7 Å². The van der Waals surface area contributed by atoms with Gasteiger partial charge in [-0.05, 0) is 87.4 Å². The number of esters is 1. The fraction of sp³-hybridized carbons (Fsp3) is 0.880. The van der Waals surface area contributed by atoms with Crippen LogP contribution in [0, 0.1) is 34.0 Å². The number of aliphatic hydroxyl groups is 2. The summed E-state index contributed by atoms with van der Waals surface area (Å²) in [6, 6.07) is 0. The Morgan fingerprint density at radius 3 is 2.55 bits per heavy atom. The molecule has 2 bridgehead atoms. The van der Waals surface area contributed by atoms with Crippen molar-refractivity contribution in [2.75, 3.05) is 6.61 Å². The Morgan fingerprint density at radius 2 is 1.86 bits per heavy atom. The van der Waals surface area contributed by atoms with Gasteiger partial charge in [-0.15, -0.1) is 0 Å². The van der Waals surface area contributed by atoms with Gasteiger partial charge in [0.15, 0.2) is 0 Å². The standard InChI is InChI=1S/C25H40O4/c1-16(2)11-21(27)29-15-25(28)14-24-13-17(25)7-8-18(24)23(5)10-6-9-22(3,4)19(23)12-20(24)26/h11,17-20,26,28H,6-10,12-15H2,1-5H3/t17?,18?,19?,20?,23-,24+,25-/m0/s1. The zero-order valence-corrected chi connectivity index (χ0v) is 19.0. The van der Waals surface area contributed by atoms with Gasteiger partial charge in [-0.2, -0.15) is 0 Å². The van der Waals surface area contributed by atoms with Gasteiger partial charge in [0, 0.05) is 11.5 Å². The number of carbonyl (C=O) groups excluding carboxylic acids is 1. The lowest BCUT2D eigenvalue weighted by atomic mass is 9.40. The molecule has 0 amide bonds. The molecule has 164 valence electrons. The average Bonchev–Trinajstić information content (AvgIpc) is 2.83. The van der Waals surface area contributed by atoms with Gasteiger partial charge < -0.3 is 14.9 Å². The van der Waals surface area contributed by atoms with Crippen LogP contribution in [0.25, 0.3) is 0 Å². The van der Waals surface area contributed by atoms with Crippen molar-refractivity contribution in [3.63, 3.8) is 0 Å². The van der Waals surface area contributed by atoms with Crippen LogP contribution < -0.4 is 0 Å². The maximum absolute atomic E-state index is 12.0. The zero-order valence-electron chi connectivity index (χ0n) is 19.0. The predicted molar refractivity (Wildman–Crippen MR) is 113 cm³/mol. The number of ether oxygens (including phenoxy) is 1. The van der Waals surface area contributed by atoms with Crippen LogP contribution in [0.3, 0.4) is 0 Å². The van der Waals surface area contributed by atoms with Crippen molar-refractivity contribution < 1.29 is 19.7 Å². The van der Waals surface area contributed by atoms with Crippen molar-refractivity contribution in [2.24, 2.45) is 34.0 Å². The normalized spacial score (nSPS) is 47.7. The number of fused-ring (bicyclic) bond motifs is 3. The van der Waals surface area contributed by atoms with E-state index in [2.05, 4.69) is 20.8 Å². The molecule has 0 saturated heterocycles. The van der Waals surface area contributed by atoms with E-state index >= 15 is 0 Å². The van der Waals surface area contributed by atoms with Crippen molar-refractivity contribution in [1.82, 2.24) is 0 Å². The molecule has 7 atom stereocenters. The summed E-state index contributed by atoms with van der Waals surface area (Å²) in [7, 11) is 0. The van der Waals surface area contributed by atoms with E-state index in [0.29, 0.717) is 18.3 Å². The van der Waals surface area contributed by atoms with Gasteiger partial charge in [0.05, 0.1) is 6.10 Å². The number of rotatable bonds is 3. The average molecular weight is 405 g/mol. The molecule has 4 rings (SSSR count). The molecule has 4 heteroatoms. The summed E-state index contributed by atoms with van der Waals surface area (Å²) in [5.41, 5.74) is 0.164. The Kier molecular flexibility index (Phi) is 5.02. The first-order valence-corrected chi connectivity index (χ1v) is 11.7. The van der Waals surface area contributed by atoms with Crippen LogP contribution in [-0.2, 0) is 9.53 Å². The second kappa shape index (κ2) is 6.82. The lowest BCUT2D eigenvalue weighted by Crippen LogP contribution is -2.61. The first kappa shape index (κ1) is 21.4. The molecule has 4 saturated carbocycles. The second-order valence-corrected chi connectivity index (χ2v) is 12.0. The van der Waals surface area contributed by atoms with Crippen LogP contribution in [0.2, 0.25) is 0 Å². The molecule has 0 aromatic rings. The fourth-order valence-corrected chi connectivity index (χ4v) is 8.47. The summed E-state index contributed by atoms with van der Waals surface area (Å²) >= 11 is 0. The molecule has 4 unspecified atom stereocenters. The number of carbonyl (C=O) groups is 1.